The lowest BCUT2D eigenvalue weighted by Crippen LogP contribution is -2.49. The number of methoxy groups -OCH3 is 1. The van der Waals surface area contributed by atoms with Gasteiger partial charge in [0.25, 0.3) is 5.91 Å². The van der Waals surface area contributed by atoms with Gasteiger partial charge in [-0.25, -0.2) is 9.97 Å². The molecule has 0 unspecified atom stereocenters. The number of benzene rings is 1. The van der Waals surface area contributed by atoms with E-state index in [-0.39, 0.29) is 5.91 Å². The van der Waals surface area contributed by atoms with Crippen molar-refractivity contribution in [2.45, 2.75) is 19.4 Å². The first-order valence-corrected chi connectivity index (χ1v) is 10.6. The van der Waals surface area contributed by atoms with Crippen LogP contribution in [0.25, 0.3) is 11.2 Å². The van der Waals surface area contributed by atoms with Crippen LogP contribution in [0.1, 0.15) is 22.3 Å². The Labute approximate surface area is 177 Å². The Bertz CT molecular complexity index is 964. The average Bonchev–Trinajstić information content (AvgIpc) is 3.21. The molecule has 0 N–H and O–H groups in total. The number of pyridine rings is 1. The van der Waals surface area contributed by atoms with E-state index in [0.29, 0.717) is 5.56 Å². The van der Waals surface area contributed by atoms with E-state index in [1.807, 2.05) is 23.4 Å². The molecule has 0 atom stereocenters. The zero-order valence-corrected chi connectivity index (χ0v) is 17.5. The minimum absolute atomic E-state index is 0.0415. The summed E-state index contributed by atoms with van der Waals surface area (Å²) in [5.74, 6) is 0.0415. The number of amides is 1. The maximum Gasteiger partial charge on any atom is 0.255 e. The fourth-order valence-electron chi connectivity index (χ4n) is 3.91. The van der Waals surface area contributed by atoms with E-state index in [4.69, 9.17) is 4.74 Å². The van der Waals surface area contributed by atoms with Gasteiger partial charge in [0.05, 0.1) is 11.9 Å². The Kier molecular flexibility index (Phi) is 6.71. The summed E-state index contributed by atoms with van der Waals surface area (Å²) in [5.41, 5.74) is 3.49. The summed E-state index contributed by atoms with van der Waals surface area (Å²) in [5, 5.41) is 0. The van der Waals surface area contributed by atoms with Gasteiger partial charge in [0.15, 0.2) is 5.65 Å². The lowest BCUT2D eigenvalue weighted by molar-refractivity contribution is 0.0624. The molecule has 3 aromatic rings. The van der Waals surface area contributed by atoms with E-state index in [9.17, 15) is 4.79 Å². The normalized spacial score (nSPS) is 15.0. The number of aromatic nitrogens is 3. The lowest BCUT2D eigenvalue weighted by Gasteiger charge is -2.34. The topological polar surface area (TPSA) is 63.5 Å². The van der Waals surface area contributed by atoms with Crippen LogP contribution in [0, 0.1) is 0 Å². The van der Waals surface area contributed by atoms with Crippen molar-refractivity contribution < 1.29 is 9.53 Å². The Morgan fingerprint density at radius 2 is 1.87 bits per heavy atom. The number of rotatable bonds is 8. The van der Waals surface area contributed by atoms with Gasteiger partial charge in [-0.2, -0.15) is 0 Å². The first-order chi connectivity index (χ1) is 14.7. The van der Waals surface area contributed by atoms with Gasteiger partial charge < -0.3 is 14.2 Å². The van der Waals surface area contributed by atoms with Crippen molar-refractivity contribution >= 4 is 17.1 Å². The van der Waals surface area contributed by atoms with E-state index in [0.717, 1.165) is 69.9 Å². The number of hydrogen-bond acceptors (Lipinski definition) is 5. The van der Waals surface area contributed by atoms with Gasteiger partial charge in [-0.05, 0) is 24.5 Å². The summed E-state index contributed by atoms with van der Waals surface area (Å²) >= 11 is 0. The molecule has 1 aliphatic heterocycles. The maximum absolute atomic E-state index is 12.9. The third-order valence-electron chi connectivity index (χ3n) is 5.67. The number of hydrogen-bond donors (Lipinski definition) is 0. The highest BCUT2D eigenvalue weighted by atomic mass is 16.5. The van der Waals surface area contributed by atoms with Crippen LogP contribution in [0.3, 0.4) is 0 Å². The van der Waals surface area contributed by atoms with Gasteiger partial charge in [0.1, 0.15) is 5.52 Å². The summed E-state index contributed by atoms with van der Waals surface area (Å²) < 4.78 is 7.17. The van der Waals surface area contributed by atoms with E-state index < -0.39 is 0 Å². The summed E-state index contributed by atoms with van der Waals surface area (Å²) in [7, 11) is 1.73. The van der Waals surface area contributed by atoms with Crippen LogP contribution in [-0.4, -0.2) is 76.7 Å². The molecule has 3 heterocycles. The van der Waals surface area contributed by atoms with Crippen molar-refractivity contribution in [3.8, 4) is 0 Å². The zero-order valence-electron chi connectivity index (χ0n) is 17.5. The SMILES string of the molecule is COCCCN1CCN(C(=O)c2cnc3c(c2)ncn3CCc2ccccc2)CC1. The van der Waals surface area contributed by atoms with Crippen molar-refractivity contribution in [2.75, 3.05) is 46.4 Å². The standard InChI is InChI=1S/C23H29N5O2/c1-30-15-5-9-26-11-13-27(14-12-26)23(29)20-16-21-22(24-17-20)28(18-25-21)10-8-19-6-3-2-4-7-19/h2-4,6-7,16-18H,5,8-15H2,1H3. The van der Waals surface area contributed by atoms with Crippen LogP contribution in [0.4, 0.5) is 0 Å². The predicted molar refractivity (Wildman–Crippen MR) is 117 cm³/mol. The highest BCUT2D eigenvalue weighted by molar-refractivity contribution is 5.96. The minimum atomic E-state index is 0.0415. The molecule has 30 heavy (non-hydrogen) atoms. The van der Waals surface area contributed by atoms with Crippen LogP contribution in [0.2, 0.25) is 0 Å². The average molecular weight is 408 g/mol. The third-order valence-corrected chi connectivity index (χ3v) is 5.67. The Hall–Kier alpha value is -2.77. The quantitative estimate of drug-likeness (QED) is 0.537. The van der Waals surface area contributed by atoms with Crippen LogP contribution in [0.15, 0.2) is 48.9 Å². The molecule has 0 spiro atoms. The molecule has 7 heteroatoms. The van der Waals surface area contributed by atoms with Gasteiger partial charge >= 0.3 is 0 Å². The highest BCUT2D eigenvalue weighted by Gasteiger charge is 2.22. The van der Waals surface area contributed by atoms with Gasteiger partial charge in [-0.3, -0.25) is 9.69 Å². The maximum atomic E-state index is 12.9. The van der Waals surface area contributed by atoms with Gasteiger partial charge in [0, 0.05) is 59.2 Å². The summed E-state index contributed by atoms with van der Waals surface area (Å²) in [6.45, 7) is 5.90. The van der Waals surface area contributed by atoms with Crippen molar-refractivity contribution in [1.29, 1.82) is 0 Å². The molecule has 2 aromatic heterocycles. The minimum Gasteiger partial charge on any atom is -0.385 e. The molecule has 0 saturated carbocycles. The fraction of sp³-hybridized carbons (Fsp3) is 0.435. The summed E-state index contributed by atoms with van der Waals surface area (Å²) in [6, 6.07) is 12.3. The first kappa shape index (κ1) is 20.5. The van der Waals surface area contributed by atoms with E-state index in [1.165, 1.54) is 5.56 Å². The second-order valence-corrected chi connectivity index (χ2v) is 7.72. The van der Waals surface area contributed by atoms with Crippen molar-refractivity contribution in [1.82, 2.24) is 24.3 Å². The van der Waals surface area contributed by atoms with Crippen LogP contribution in [0.5, 0.6) is 0 Å². The number of aryl methyl sites for hydroxylation is 2. The second kappa shape index (κ2) is 9.82. The van der Waals surface area contributed by atoms with Gasteiger partial charge in [-0.1, -0.05) is 30.3 Å². The summed E-state index contributed by atoms with van der Waals surface area (Å²) in [6.07, 6.45) is 5.45. The Morgan fingerprint density at radius 1 is 1.07 bits per heavy atom. The number of ether oxygens (including phenoxy) is 1. The van der Waals surface area contributed by atoms with E-state index >= 15 is 0 Å². The molecule has 158 valence electrons. The Balaban J connectivity index is 1.36. The number of imidazole rings is 1. The molecule has 7 nitrogen and oxygen atoms in total. The van der Waals surface area contributed by atoms with Crippen molar-refractivity contribution in [3.63, 3.8) is 0 Å². The summed E-state index contributed by atoms with van der Waals surface area (Å²) in [4.78, 5) is 26.3. The molecule has 0 radical (unpaired) electrons. The molecule has 1 fully saturated rings. The molecule has 4 rings (SSSR count). The molecule has 0 aliphatic carbocycles. The van der Waals surface area contributed by atoms with Gasteiger partial charge in [0.2, 0.25) is 0 Å². The lowest BCUT2D eigenvalue weighted by atomic mass is 10.1. The monoisotopic (exact) mass is 407 g/mol. The molecule has 1 saturated heterocycles. The number of carbonyl (C=O) groups is 1. The first-order valence-electron chi connectivity index (χ1n) is 10.6. The number of carbonyl (C=O) groups excluding carboxylic acids is 1. The van der Waals surface area contributed by atoms with E-state index in [2.05, 4.69) is 43.7 Å². The van der Waals surface area contributed by atoms with Crippen molar-refractivity contribution in [3.05, 3.63) is 60.0 Å². The zero-order chi connectivity index (χ0) is 20.8. The fourth-order valence-corrected chi connectivity index (χ4v) is 3.91. The number of fused-ring (bicyclic) bond motifs is 1. The Morgan fingerprint density at radius 3 is 2.63 bits per heavy atom. The smallest absolute Gasteiger partial charge is 0.255 e. The molecular weight excluding hydrogens is 378 g/mol. The van der Waals surface area contributed by atoms with Crippen LogP contribution < -0.4 is 0 Å². The van der Waals surface area contributed by atoms with Crippen molar-refractivity contribution in [2.24, 2.45) is 0 Å². The highest BCUT2D eigenvalue weighted by Crippen LogP contribution is 2.16. The molecule has 1 amide bonds. The molecular formula is C23H29N5O2. The van der Waals surface area contributed by atoms with Crippen LogP contribution >= 0.6 is 0 Å². The number of piperazine rings is 1. The predicted octanol–water partition coefficient (Wildman–Crippen LogP) is 2.47. The molecule has 1 aliphatic rings. The van der Waals surface area contributed by atoms with Gasteiger partial charge in [-0.15, -0.1) is 0 Å². The third kappa shape index (κ3) is 4.86. The van der Waals surface area contributed by atoms with Crippen LogP contribution in [-0.2, 0) is 17.7 Å². The largest absolute Gasteiger partial charge is 0.385 e. The van der Waals surface area contributed by atoms with E-state index in [1.54, 1.807) is 13.3 Å². The second-order valence-electron chi connectivity index (χ2n) is 7.72. The molecule has 1 aromatic carbocycles. The molecule has 0 bridgehead atoms. The number of nitrogens with zero attached hydrogens (tertiary/aromatic N) is 5.